The molecule has 3 heterocycles. The second-order valence-electron chi connectivity index (χ2n) is 6.75. The SMILES string of the molecule is O=[N+]([O-])c1cccc([C@H]2Oc3c(Br)cc(Br)cc3[C@H]3CC(c4cccs4)=NN32)c1. The van der Waals surface area contributed by atoms with Crippen molar-refractivity contribution < 1.29 is 9.66 Å². The smallest absolute Gasteiger partial charge is 0.269 e. The van der Waals surface area contributed by atoms with Crippen LogP contribution >= 0.6 is 43.2 Å². The molecule has 0 spiro atoms. The Morgan fingerprint density at radius 1 is 1.21 bits per heavy atom. The summed E-state index contributed by atoms with van der Waals surface area (Å²) in [5, 5.41) is 20.1. The number of rotatable bonds is 3. The normalized spacial score (nSPS) is 19.9. The Hall–Kier alpha value is -2.23. The van der Waals surface area contributed by atoms with Crippen molar-refractivity contribution in [2.45, 2.75) is 18.7 Å². The van der Waals surface area contributed by atoms with Crippen LogP contribution in [-0.4, -0.2) is 15.6 Å². The summed E-state index contributed by atoms with van der Waals surface area (Å²) < 4.78 is 8.13. The molecule has 0 amide bonds. The van der Waals surface area contributed by atoms with Gasteiger partial charge in [-0.15, -0.1) is 11.3 Å². The molecule has 0 aliphatic carbocycles. The van der Waals surface area contributed by atoms with Crippen LogP contribution in [0.15, 0.2) is 68.0 Å². The molecule has 5 rings (SSSR count). The fourth-order valence-corrected chi connectivity index (χ4v) is 5.79. The minimum absolute atomic E-state index is 0.0195. The molecule has 0 N–H and O–H groups in total. The molecule has 0 fully saturated rings. The molecule has 9 heteroatoms. The van der Waals surface area contributed by atoms with Crippen molar-refractivity contribution >= 4 is 54.6 Å². The Kier molecular flexibility index (Phi) is 4.68. The van der Waals surface area contributed by atoms with Crippen LogP contribution < -0.4 is 4.74 Å². The molecule has 2 aromatic carbocycles. The number of benzene rings is 2. The lowest BCUT2D eigenvalue weighted by Crippen LogP contribution is -2.34. The summed E-state index contributed by atoms with van der Waals surface area (Å²) in [6, 6.07) is 14.6. The van der Waals surface area contributed by atoms with Crippen LogP contribution in [0.4, 0.5) is 5.69 Å². The second kappa shape index (κ2) is 7.23. The molecule has 2 atom stereocenters. The first-order valence-corrected chi connectivity index (χ1v) is 11.3. The molecule has 29 heavy (non-hydrogen) atoms. The van der Waals surface area contributed by atoms with Gasteiger partial charge in [0.1, 0.15) is 5.75 Å². The van der Waals surface area contributed by atoms with E-state index >= 15 is 0 Å². The Bertz CT molecular complexity index is 1150. The maximum absolute atomic E-state index is 11.3. The number of hydrogen-bond acceptors (Lipinski definition) is 6. The molecule has 0 unspecified atom stereocenters. The number of thiophene rings is 1. The van der Waals surface area contributed by atoms with Gasteiger partial charge in [-0.1, -0.05) is 34.1 Å². The van der Waals surface area contributed by atoms with Crippen LogP contribution in [-0.2, 0) is 0 Å². The highest BCUT2D eigenvalue weighted by atomic mass is 79.9. The van der Waals surface area contributed by atoms with Gasteiger partial charge in [0.15, 0.2) is 0 Å². The Labute approximate surface area is 187 Å². The van der Waals surface area contributed by atoms with Gasteiger partial charge in [-0.3, -0.25) is 10.1 Å². The molecule has 0 saturated carbocycles. The minimum Gasteiger partial charge on any atom is -0.463 e. The van der Waals surface area contributed by atoms with Gasteiger partial charge in [0.25, 0.3) is 5.69 Å². The third-order valence-corrected chi connectivity index (χ3v) is 6.95. The lowest BCUT2D eigenvalue weighted by Gasteiger charge is -2.38. The Morgan fingerprint density at radius 2 is 2.07 bits per heavy atom. The first kappa shape index (κ1) is 18.8. The highest BCUT2D eigenvalue weighted by Gasteiger charge is 2.42. The summed E-state index contributed by atoms with van der Waals surface area (Å²) in [5.74, 6) is 0.744. The summed E-state index contributed by atoms with van der Waals surface area (Å²) in [7, 11) is 0. The molecule has 0 bridgehead atoms. The first-order chi connectivity index (χ1) is 14.0. The third-order valence-electron chi connectivity index (χ3n) is 4.98. The van der Waals surface area contributed by atoms with Gasteiger partial charge in [-0.2, -0.15) is 5.10 Å². The molecule has 2 aliphatic rings. The largest absolute Gasteiger partial charge is 0.463 e. The van der Waals surface area contributed by atoms with E-state index in [-0.39, 0.29) is 11.7 Å². The van der Waals surface area contributed by atoms with Gasteiger partial charge >= 0.3 is 0 Å². The number of nitrogens with zero attached hydrogens (tertiary/aromatic N) is 3. The van der Waals surface area contributed by atoms with Crippen molar-refractivity contribution in [1.29, 1.82) is 0 Å². The zero-order valence-electron chi connectivity index (χ0n) is 14.8. The Balaban J connectivity index is 1.64. The van der Waals surface area contributed by atoms with Gasteiger partial charge in [0.2, 0.25) is 6.23 Å². The molecule has 3 aromatic rings. The average Bonchev–Trinajstić information content (AvgIpc) is 3.37. The van der Waals surface area contributed by atoms with Crippen LogP contribution in [0.5, 0.6) is 5.75 Å². The van der Waals surface area contributed by atoms with E-state index in [1.54, 1.807) is 23.5 Å². The lowest BCUT2D eigenvalue weighted by molar-refractivity contribution is -0.385. The first-order valence-electron chi connectivity index (χ1n) is 8.81. The molecule has 2 aliphatic heterocycles. The zero-order chi connectivity index (χ0) is 20.1. The fourth-order valence-electron chi connectivity index (χ4n) is 3.72. The number of non-ortho nitro benzene ring substituents is 1. The number of fused-ring (bicyclic) bond motifs is 3. The van der Waals surface area contributed by atoms with Crippen LogP contribution in [0.3, 0.4) is 0 Å². The summed E-state index contributed by atoms with van der Waals surface area (Å²) >= 11 is 8.82. The predicted molar refractivity (Wildman–Crippen MR) is 118 cm³/mol. The number of halogens is 2. The minimum atomic E-state index is -0.553. The molecule has 0 radical (unpaired) electrons. The van der Waals surface area contributed by atoms with E-state index in [4.69, 9.17) is 9.84 Å². The quantitative estimate of drug-likeness (QED) is 0.287. The fraction of sp³-hybridized carbons (Fsp3) is 0.150. The van der Waals surface area contributed by atoms with Crippen molar-refractivity contribution in [3.8, 4) is 5.75 Å². The Morgan fingerprint density at radius 3 is 2.83 bits per heavy atom. The van der Waals surface area contributed by atoms with E-state index in [0.717, 1.165) is 37.3 Å². The van der Waals surface area contributed by atoms with Crippen molar-refractivity contribution in [1.82, 2.24) is 5.01 Å². The average molecular weight is 535 g/mol. The van der Waals surface area contributed by atoms with Crippen LogP contribution in [0.25, 0.3) is 0 Å². The van der Waals surface area contributed by atoms with E-state index in [2.05, 4.69) is 37.9 Å². The summed E-state index contributed by atoms with van der Waals surface area (Å²) in [6.07, 6.45) is 0.188. The van der Waals surface area contributed by atoms with E-state index in [1.807, 2.05) is 34.7 Å². The van der Waals surface area contributed by atoms with Crippen molar-refractivity contribution in [3.05, 3.63) is 89.0 Å². The van der Waals surface area contributed by atoms with Crippen LogP contribution in [0.2, 0.25) is 0 Å². The second-order valence-corrected chi connectivity index (χ2v) is 9.47. The zero-order valence-corrected chi connectivity index (χ0v) is 18.8. The molecular weight excluding hydrogens is 522 g/mol. The summed E-state index contributed by atoms with van der Waals surface area (Å²) in [5.41, 5.74) is 2.75. The monoisotopic (exact) mass is 533 g/mol. The van der Waals surface area contributed by atoms with E-state index in [0.29, 0.717) is 5.56 Å². The number of ether oxygens (including phenoxy) is 1. The maximum Gasteiger partial charge on any atom is 0.269 e. The van der Waals surface area contributed by atoms with Gasteiger partial charge < -0.3 is 4.74 Å². The van der Waals surface area contributed by atoms with Crippen molar-refractivity contribution in [3.63, 3.8) is 0 Å². The molecule has 1 aromatic heterocycles. The summed E-state index contributed by atoms with van der Waals surface area (Å²) in [6.45, 7) is 0. The van der Waals surface area contributed by atoms with E-state index in [9.17, 15) is 10.1 Å². The third kappa shape index (κ3) is 3.27. The molecular formula is C20H13Br2N3O3S. The van der Waals surface area contributed by atoms with E-state index in [1.165, 1.54) is 6.07 Å². The predicted octanol–water partition coefficient (Wildman–Crippen LogP) is 6.42. The van der Waals surface area contributed by atoms with Gasteiger partial charge in [0, 0.05) is 34.2 Å². The van der Waals surface area contributed by atoms with Gasteiger partial charge in [0.05, 0.1) is 26.0 Å². The number of hydrogen-bond donors (Lipinski definition) is 0. The number of nitro benzene ring substituents is 1. The molecule has 0 saturated heterocycles. The highest BCUT2D eigenvalue weighted by Crippen LogP contribution is 2.51. The van der Waals surface area contributed by atoms with Gasteiger partial charge in [-0.25, -0.2) is 5.01 Å². The van der Waals surface area contributed by atoms with Gasteiger partial charge in [-0.05, 0) is 39.5 Å². The lowest BCUT2D eigenvalue weighted by atomic mass is 9.97. The topological polar surface area (TPSA) is 68.0 Å². The number of hydrazone groups is 1. The van der Waals surface area contributed by atoms with Crippen LogP contribution in [0.1, 0.15) is 34.7 Å². The summed E-state index contributed by atoms with van der Waals surface area (Å²) in [4.78, 5) is 12.0. The van der Waals surface area contributed by atoms with E-state index < -0.39 is 11.2 Å². The standard InChI is InChI=1S/C20H13Br2N3O3S/c21-12-8-14-17-10-16(18-5-2-6-29-18)23-24(17)20(28-19(14)15(22)9-12)11-3-1-4-13(7-11)25(26)27/h1-9,17,20H,10H2/t17-,20-/m1/s1. The van der Waals surface area contributed by atoms with Crippen molar-refractivity contribution in [2.75, 3.05) is 0 Å². The molecule has 6 nitrogen and oxygen atoms in total. The van der Waals surface area contributed by atoms with Crippen molar-refractivity contribution in [2.24, 2.45) is 5.10 Å². The maximum atomic E-state index is 11.3. The number of nitro groups is 1. The highest BCUT2D eigenvalue weighted by molar-refractivity contribution is 9.11. The van der Waals surface area contributed by atoms with Crippen LogP contribution in [0, 0.1) is 10.1 Å². The molecule has 146 valence electrons.